The predicted octanol–water partition coefficient (Wildman–Crippen LogP) is 3.52. The summed E-state index contributed by atoms with van der Waals surface area (Å²) in [4.78, 5) is 0. The first-order valence-electron chi connectivity index (χ1n) is 6.95. The molecule has 0 amide bonds. The van der Waals surface area contributed by atoms with Gasteiger partial charge in [0.05, 0.1) is 12.7 Å². The van der Waals surface area contributed by atoms with Crippen LogP contribution >= 0.6 is 0 Å². The molecule has 0 radical (unpaired) electrons. The normalized spacial score (nSPS) is 27.8. The topological polar surface area (TPSA) is 42.6 Å². The Hall–Kier alpha value is -1.32. The molecule has 0 saturated carbocycles. The van der Waals surface area contributed by atoms with Gasteiger partial charge in [0.2, 0.25) is 0 Å². The second kappa shape index (κ2) is 4.66. The number of benzene rings is 1. The molecule has 1 aromatic heterocycles. The number of aliphatic hydroxyl groups is 1. The van der Waals surface area contributed by atoms with Crippen LogP contribution in [0.2, 0.25) is 0 Å². The van der Waals surface area contributed by atoms with Crippen LogP contribution in [0.4, 0.5) is 0 Å². The largest absolute Gasteiger partial charge is 0.458 e. The standard InChI is InChI=1S/C16H20O3/c1-3-13-10-16(17,6-7-18-13)15-9-12-8-11(2)4-5-14(12)19-15/h4-5,8-9,13,17H,3,6-7,10H2,1-2H3. The summed E-state index contributed by atoms with van der Waals surface area (Å²) in [5.41, 5.74) is 1.16. The van der Waals surface area contributed by atoms with Crippen molar-refractivity contribution in [1.29, 1.82) is 0 Å². The zero-order chi connectivity index (χ0) is 13.5. The highest BCUT2D eigenvalue weighted by Gasteiger charge is 2.38. The summed E-state index contributed by atoms with van der Waals surface area (Å²) in [6.45, 7) is 4.73. The van der Waals surface area contributed by atoms with Gasteiger partial charge in [-0.3, -0.25) is 0 Å². The van der Waals surface area contributed by atoms with E-state index in [0.29, 0.717) is 25.2 Å². The number of aryl methyl sites for hydroxylation is 1. The van der Waals surface area contributed by atoms with Crippen LogP contribution in [0.15, 0.2) is 28.7 Å². The molecule has 2 unspecified atom stereocenters. The molecule has 2 heterocycles. The Labute approximate surface area is 113 Å². The molecule has 0 spiro atoms. The van der Waals surface area contributed by atoms with Crippen molar-refractivity contribution in [2.24, 2.45) is 0 Å². The third-order valence-corrected chi connectivity index (χ3v) is 4.02. The third-order valence-electron chi connectivity index (χ3n) is 4.02. The van der Waals surface area contributed by atoms with E-state index in [1.807, 2.05) is 18.2 Å². The number of ether oxygens (including phenoxy) is 1. The molecule has 0 bridgehead atoms. The van der Waals surface area contributed by atoms with E-state index in [0.717, 1.165) is 17.4 Å². The van der Waals surface area contributed by atoms with Crippen molar-refractivity contribution in [1.82, 2.24) is 0 Å². The molecule has 1 aliphatic rings. The van der Waals surface area contributed by atoms with E-state index in [1.165, 1.54) is 5.56 Å². The van der Waals surface area contributed by atoms with Crippen LogP contribution in [-0.2, 0) is 10.3 Å². The molecule has 1 saturated heterocycles. The smallest absolute Gasteiger partial charge is 0.137 e. The van der Waals surface area contributed by atoms with Crippen molar-refractivity contribution in [3.8, 4) is 0 Å². The average molecular weight is 260 g/mol. The van der Waals surface area contributed by atoms with Gasteiger partial charge in [0.25, 0.3) is 0 Å². The van der Waals surface area contributed by atoms with Crippen molar-refractivity contribution in [3.05, 3.63) is 35.6 Å². The summed E-state index contributed by atoms with van der Waals surface area (Å²) in [6.07, 6.45) is 2.25. The van der Waals surface area contributed by atoms with Crippen LogP contribution in [0, 0.1) is 6.92 Å². The van der Waals surface area contributed by atoms with Gasteiger partial charge >= 0.3 is 0 Å². The van der Waals surface area contributed by atoms with Gasteiger partial charge in [-0.15, -0.1) is 0 Å². The van der Waals surface area contributed by atoms with Crippen LogP contribution in [0.3, 0.4) is 0 Å². The Balaban J connectivity index is 1.98. The van der Waals surface area contributed by atoms with Gasteiger partial charge < -0.3 is 14.3 Å². The molecule has 2 atom stereocenters. The number of furan rings is 1. The maximum absolute atomic E-state index is 10.8. The first-order valence-corrected chi connectivity index (χ1v) is 6.95. The van der Waals surface area contributed by atoms with Crippen LogP contribution in [0.25, 0.3) is 11.0 Å². The van der Waals surface area contributed by atoms with Crippen LogP contribution in [-0.4, -0.2) is 17.8 Å². The zero-order valence-corrected chi connectivity index (χ0v) is 11.5. The molecular weight excluding hydrogens is 240 g/mol. The summed E-state index contributed by atoms with van der Waals surface area (Å²) in [5.74, 6) is 0.676. The summed E-state index contributed by atoms with van der Waals surface area (Å²) in [6, 6.07) is 8.05. The van der Waals surface area contributed by atoms with E-state index in [1.54, 1.807) is 0 Å². The second-order valence-corrected chi connectivity index (χ2v) is 5.54. The molecule has 1 N–H and O–H groups in total. The van der Waals surface area contributed by atoms with E-state index < -0.39 is 5.60 Å². The average Bonchev–Trinajstić information content (AvgIpc) is 2.82. The molecule has 102 valence electrons. The third kappa shape index (κ3) is 2.28. The Morgan fingerprint density at radius 2 is 2.21 bits per heavy atom. The second-order valence-electron chi connectivity index (χ2n) is 5.54. The molecule has 0 aliphatic carbocycles. The van der Waals surface area contributed by atoms with Crippen molar-refractivity contribution >= 4 is 11.0 Å². The van der Waals surface area contributed by atoms with Gasteiger partial charge in [-0.1, -0.05) is 18.6 Å². The summed E-state index contributed by atoms with van der Waals surface area (Å²) < 4.78 is 11.5. The maximum atomic E-state index is 10.8. The number of rotatable bonds is 2. The molecule has 19 heavy (non-hydrogen) atoms. The van der Waals surface area contributed by atoms with E-state index in [4.69, 9.17) is 9.15 Å². The van der Waals surface area contributed by atoms with Crippen molar-refractivity contribution in [2.75, 3.05) is 6.61 Å². The van der Waals surface area contributed by atoms with Crippen molar-refractivity contribution in [2.45, 2.75) is 44.8 Å². The zero-order valence-electron chi connectivity index (χ0n) is 11.5. The molecule has 3 heteroatoms. The molecule has 1 aliphatic heterocycles. The summed E-state index contributed by atoms with van der Waals surface area (Å²) in [7, 11) is 0. The molecule has 3 rings (SSSR count). The van der Waals surface area contributed by atoms with Crippen molar-refractivity contribution in [3.63, 3.8) is 0 Å². The van der Waals surface area contributed by atoms with Crippen LogP contribution in [0.1, 0.15) is 37.5 Å². The predicted molar refractivity (Wildman–Crippen MR) is 74.1 cm³/mol. The monoisotopic (exact) mass is 260 g/mol. The van der Waals surface area contributed by atoms with Crippen molar-refractivity contribution < 1.29 is 14.3 Å². The lowest BCUT2D eigenvalue weighted by Crippen LogP contribution is -2.38. The minimum atomic E-state index is -0.883. The number of hydrogen-bond acceptors (Lipinski definition) is 3. The lowest BCUT2D eigenvalue weighted by Gasteiger charge is -2.35. The van der Waals surface area contributed by atoms with Crippen LogP contribution in [0.5, 0.6) is 0 Å². The van der Waals surface area contributed by atoms with Gasteiger partial charge in [-0.05, 0) is 31.5 Å². The van der Waals surface area contributed by atoms with E-state index in [9.17, 15) is 5.11 Å². The minimum Gasteiger partial charge on any atom is -0.458 e. The Morgan fingerprint density at radius 3 is 3.00 bits per heavy atom. The van der Waals surface area contributed by atoms with E-state index in [-0.39, 0.29) is 6.10 Å². The van der Waals surface area contributed by atoms with Gasteiger partial charge in [0.1, 0.15) is 16.9 Å². The Bertz CT molecular complexity index is 587. The molecule has 3 nitrogen and oxygen atoms in total. The maximum Gasteiger partial charge on any atom is 0.137 e. The molecular formula is C16H20O3. The molecule has 2 aromatic rings. The fraction of sp³-hybridized carbons (Fsp3) is 0.500. The highest BCUT2D eigenvalue weighted by molar-refractivity contribution is 5.78. The van der Waals surface area contributed by atoms with Crippen LogP contribution < -0.4 is 0 Å². The quantitative estimate of drug-likeness (QED) is 0.898. The minimum absolute atomic E-state index is 0.119. The SMILES string of the molecule is CCC1CC(O)(c2cc3cc(C)ccc3o2)CCO1. The fourth-order valence-corrected chi connectivity index (χ4v) is 2.81. The lowest BCUT2D eigenvalue weighted by molar-refractivity contribution is -0.117. The lowest BCUT2D eigenvalue weighted by atomic mass is 9.87. The number of fused-ring (bicyclic) bond motifs is 1. The first-order chi connectivity index (χ1) is 9.10. The summed E-state index contributed by atoms with van der Waals surface area (Å²) in [5, 5.41) is 11.9. The van der Waals surface area contributed by atoms with Gasteiger partial charge in [-0.25, -0.2) is 0 Å². The highest BCUT2D eigenvalue weighted by atomic mass is 16.5. The fourth-order valence-electron chi connectivity index (χ4n) is 2.81. The first kappa shape index (κ1) is 12.7. The Morgan fingerprint density at radius 1 is 1.37 bits per heavy atom. The highest BCUT2D eigenvalue weighted by Crippen LogP contribution is 2.38. The van der Waals surface area contributed by atoms with Gasteiger partial charge in [0, 0.05) is 18.2 Å². The van der Waals surface area contributed by atoms with Gasteiger partial charge in [0.15, 0.2) is 0 Å². The molecule has 1 aromatic carbocycles. The summed E-state index contributed by atoms with van der Waals surface area (Å²) >= 11 is 0. The van der Waals surface area contributed by atoms with E-state index >= 15 is 0 Å². The Kier molecular flexibility index (Phi) is 3.11. The number of hydrogen-bond donors (Lipinski definition) is 1. The molecule has 1 fully saturated rings. The van der Waals surface area contributed by atoms with E-state index in [2.05, 4.69) is 19.9 Å². The van der Waals surface area contributed by atoms with Gasteiger partial charge in [-0.2, -0.15) is 0 Å².